The highest BCUT2D eigenvalue weighted by Gasteiger charge is 2.31. The van der Waals surface area contributed by atoms with E-state index in [1.54, 1.807) is 27.7 Å². The number of amides is 1. The van der Waals surface area contributed by atoms with Crippen LogP contribution in [0.1, 0.15) is 46.1 Å². The summed E-state index contributed by atoms with van der Waals surface area (Å²) >= 11 is 0. The van der Waals surface area contributed by atoms with Crippen molar-refractivity contribution in [3.8, 4) is 17.2 Å². The zero-order chi connectivity index (χ0) is 21.8. The van der Waals surface area contributed by atoms with Gasteiger partial charge in [0.1, 0.15) is 11.4 Å². The van der Waals surface area contributed by atoms with Crippen molar-refractivity contribution in [3.63, 3.8) is 0 Å². The lowest BCUT2D eigenvalue weighted by Crippen LogP contribution is -2.42. The molecule has 0 aliphatic rings. The maximum atomic E-state index is 12.2. The number of benzene rings is 1. The highest BCUT2D eigenvalue weighted by Crippen LogP contribution is 2.27. The fourth-order valence-corrected chi connectivity index (χ4v) is 2.31. The first kappa shape index (κ1) is 22.5. The van der Waals surface area contributed by atoms with Gasteiger partial charge in [0, 0.05) is 5.56 Å². The first-order chi connectivity index (χ1) is 13.4. The molecule has 0 aliphatic carbocycles. The number of alkyl carbamates (subject to hydrolysis) is 1. The molecule has 0 aliphatic heterocycles. The number of nitrogens with zero attached hydrogens (tertiary/aromatic N) is 2. The van der Waals surface area contributed by atoms with Crippen molar-refractivity contribution in [2.75, 3.05) is 0 Å². The third-order valence-corrected chi connectivity index (χ3v) is 3.55. The molecule has 1 heterocycles. The molecule has 0 fully saturated rings. The Morgan fingerprint density at radius 2 is 1.83 bits per heavy atom. The Balaban J connectivity index is 2.08. The van der Waals surface area contributed by atoms with E-state index >= 15 is 0 Å². The predicted molar refractivity (Wildman–Crippen MR) is 94.8 cm³/mol. The van der Waals surface area contributed by atoms with Gasteiger partial charge in [0.25, 0.3) is 0 Å². The lowest BCUT2D eigenvalue weighted by molar-refractivity contribution is -0.274. The van der Waals surface area contributed by atoms with E-state index in [0.29, 0.717) is 12.0 Å². The van der Waals surface area contributed by atoms with Crippen molar-refractivity contribution in [2.45, 2.75) is 58.2 Å². The number of hydrogen-bond donors (Lipinski definition) is 2. The Bertz CT molecular complexity index is 815. The Hall–Kier alpha value is -2.82. The molecule has 2 atom stereocenters. The summed E-state index contributed by atoms with van der Waals surface area (Å²) in [7, 11) is 0. The molecule has 1 amide bonds. The molecule has 8 nitrogen and oxygen atoms in total. The summed E-state index contributed by atoms with van der Waals surface area (Å²) in [6, 6.07) is 4.06. The number of carbonyl (C=O) groups excluding carboxylic acids is 1. The average molecular weight is 417 g/mol. The molecule has 2 N–H and O–H groups in total. The van der Waals surface area contributed by atoms with E-state index in [-0.39, 0.29) is 11.8 Å². The normalized spacial score (nSPS) is 14.2. The second-order valence-corrected chi connectivity index (χ2v) is 7.12. The van der Waals surface area contributed by atoms with E-state index in [0.717, 1.165) is 12.1 Å². The first-order valence-electron chi connectivity index (χ1n) is 8.75. The third kappa shape index (κ3) is 6.93. The molecule has 2 rings (SSSR count). The topological polar surface area (TPSA) is 107 Å². The second-order valence-electron chi connectivity index (χ2n) is 7.12. The molecule has 1 aromatic carbocycles. The first-order valence-corrected chi connectivity index (χ1v) is 8.75. The number of nitrogens with one attached hydrogen (secondary N) is 1. The van der Waals surface area contributed by atoms with Crippen LogP contribution >= 0.6 is 0 Å². The minimum absolute atomic E-state index is 0.00951. The standard InChI is InChI=1S/C18H22F3N3O5/c1-5-12(22-16(26)29-17(2,3)4)13(25)15-24-23-14(27-15)10-6-8-11(9-7-10)28-18(19,20)21/h6-9,12-13,25H,5H2,1-4H3,(H,22,26)/t12?,13-/m0/s1. The van der Waals surface area contributed by atoms with Crippen LogP contribution in [0.3, 0.4) is 0 Å². The number of hydrogen-bond acceptors (Lipinski definition) is 7. The van der Waals surface area contributed by atoms with Crippen molar-refractivity contribution < 1.29 is 37.0 Å². The largest absolute Gasteiger partial charge is 0.573 e. The van der Waals surface area contributed by atoms with Gasteiger partial charge in [-0.2, -0.15) is 0 Å². The van der Waals surface area contributed by atoms with Crippen LogP contribution < -0.4 is 10.1 Å². The fraction of sp³-hybridized carbons (Fsp3) is 0.500. The van der Waals surface area contributed by atoms with Crippen LogP contribution in [-0.4, -0.2) is 39.4 Å². The quantitative estimate of drug-likeness (QED) is 0.732. The van der Waals surface area contributed by atoms with Gasteiger partial charge in [-0.05, 0) is 51.5 Å². The minimum Gasteiger partial charge on any atom is -0.444 e. The number of rotatable bonds is 6. The summed E-state index contributed by atoms with van der Waals surface area (Å²) in [5, 5.41) is 20.5. The number of aliphatic hydroxyl groups is 1. The van der Waals surface area contributed by atoms with Crippen LogP contribution in [0, 0.1) is 0 Å². The molecule has 0 radical (unpaired) electrons. The van der Waals surface area contributed by atoms with E-state index in [9.17, 15) is 23.1 Å². The average Bonchev–Trinajstić information content (AvgIpc) is 3.07. The van der Waals surface area contributed by atoms with Crippen molar-refractivity contribution in [1.82, 2.24) is 15.5 Å². The highest BCUT2D eigenvalue weighted by molar-refractivity contribution is 5.68. The van der Waals surface area contributed by atoms with Gasteiger partial charge in [0.2, 0.25) is 11.8 Å². The van der Waals surface area contributed by atoms with E-state index < -0.39 is 36.0 Å². The van der Waals surface area contributed by atoms with Crippen LogP contribution in [0.15, 0.2) is 28.7 Å². The Morgan fingerprint density at radius 1 is 1.21 bits per heavy atom. The Kier molecular flexibility index (Phi) is 6.73. The van der Waals surface area contributed by atoms with Crippen molar-refractivity contribution in [2.24, 2.45) is 0 Å². The molecular formula is C18H22F3N3O5. The van der Waals surface area contributed by atoms with Gasteiger partial charge in [-0.15, -0.1) is 23.4 Å². The summed E-state index contributed by atoms with van der Waals surface area (Å²) in [5.74, 6) is -0.558. The van der Waals surface area contributed by atoms with Gasteiger partial charge < -0.3 is 24.3 Å². The fourth-order valence-electron chi connectivity index (χ4n) is 2.31. The smallest absolute Gasteiger partial charge is 0.444 e. The van der Waals surface area contributed by atoms with E-state index in [1.807, 2.05) is 0 Å². The van der Waals surface area contributed by atoms with Gasteiger partial charge in [0.15, 0.2) is 6.10 Å². The zero-order valence-electron chi connectivity index (χ0n) is 16.3. The zero-order valence-corrected chi connectivity index (χ0v) is 16.3. The van der Waals surface area contributed by atoms with Gasteiger partial charge >= 0.3 is 12.5 Å². The molecule has 0 saturated heterocycles. The van der Waals surface area contributed by atoms with Crippen LogP contribution in [0.25, 0.3) is 11.5 Å². The maximum Gasteiger partial charge on any atom is 0.573 e. The number of carbonyl (C=O) groups is 1. The highest BCUT2D eigenvalue weighted by atomic mass is 19.4. The van der Waals surface area contributed by atoms with Gasteiger partial charge in [-0.3, -0.25) is 0 Å². The SMILES string of the molecule is CCC(NC(=O)OC(C)(C)C)[C@H](O)c1nnc(-c2ccc(OC(F)(F)F)cc2)o1. The second kappa shape index (κ2) is 8.68. The van der Waals surface area contributed by atoms with Crippen LogP contribution in [0.2, 0.25) is 0 Å². The van der Waals surface area contributed by atoms with E-state index in [2.05, 4.69) is 20.3 Å². The van der Waals surface area contributed by atoms with E-state index in [4.69, 9.17) is 9.15 Å². The molecule has 1 aromatic heterocycles. The third-order valence-electron chi connectivity index (χ3n) is 3.55. The van der Waals surface area contributed by atoms with Gasteiger partial charge in [-0.25, -0.2) is 4.79 Å². The molecule has 0 bridgehead atoms. The van der Waals surface area contributed by atoms with Crippen molar-refractivity contribution >= 4 is 6.09 Å². The van der Waals surface area contributed by atoms with Crippen LogP contribution in [0.5, 0.6) is 5.75 Å². The Labute approximate surface area is 165 Å². The molecule has 11 heteroatoms. The Morgan fingerprint density at radius 3 is 2.34 bits per heavy atom. The molecule has 1 unspecified atom stereocenters. The molecule has 29 heavy (non-hydrogen) atoms. The predicted octanol–water partition coefficient (Wildman–Crippen LogP) is 3.97. The summed E-state index contributed by atoms with van der Waals surface area (Å²) in [4.78, 5) is 11.9. The molecule has 2 aromatic rings. The van der Waals surface area contributed by atoms with Crippen LogP contribution in [0.4, 0.5) is 18.0 Å². The molecular weight excluding hydrogens is 395 g/mol. The minimum atomic E-state index is -4.79. The molecule has 0 saturated carbocycles. The summed E-state index contributed by atoms with van der Waals surface area (Å²) in [6.45, 7) is 6.86. The summed E-state index contributed by atoms with van der Waals surface area (Å²) in [6.07, 6.45) is -6.45. The van der Waals surface area contributed by atoms with Crippen molar-refractivity contribution in [3.05, 3.63) is 30.2 Å². The number of ether oxygens (including phenoxy) is 2. The molecule has 0 spiro atoms. The van der Waals surface area contributed by atoms with Gasteiger partial charge in [-0.1, -0.05) is 6.92 Å². The summed E-state index contributed by atoms with van der Waals surface area (Å²) in [5.41, 5.74) is -0.369. The van der Waals surface area contributed by atoms with Crippen LogP contribution in [-0.2, 0) is 4.74 Å². The number of aromatic nitrogens is 2. The number of halogens is 3. The number of aliphatic hydroxyl groups excluding tert-OH is 1. The van der Waals surface area contributed by atoms with Crippen molar-refractivity contribution in [1.29, 1.82) is 0 Å². The molecule has 160 valence electrons. The van der Waals surface area contributed by atoms with E-state index in [1.165, 1.54) is 12.1 Å². The maximum absolute atomic E-state index is 12.2. The number of alkyl halides is 3. The lowest BCUT2D eigenvalue weighted by Gasteiger charge is -2.24. The monoisotopic (exact) mass is 417 g/mol. The summed E-state index contributed by atoms with van der Waals surface area (Å²) < 4.78 is 51.0. The lowest BCUT2D eigenvalue weighted by atomic mass is 10.1. The van der Waals surface area contributed by atoms with Gasteiger partial charge in [0.05, 0.1) is 6.04 Å².